The van der Waals surface area contributed by atoms with Crippen molar-refractivity contribution >= 4 is 5.91 Å². The van der Waals surface area contributed by atoms with Crippen molar-refractivity contribution in [1.82, 2.24) is 10.6 Å². The van der Waals surface area contributed by atoms with Crippen LogP contribution in [0.1, 0.15) is 63.0 Å². The molecule has 29 heavy (non-hydrogen) atoms. The van der Waals surface area contributed by atoms with Gasteiger partial charge in [0.15, 0.2) is 0 Å². The average molecular weight is 411 g/mol. The lowest BCUT2D eigenvalue weighted by Crippen LogP contribution is -2.52. The van der Waals surface area contributed by atoms with Gasteiger partial charge >= 0.3 is 6.18 Å². The van der Waals surface area contributed by atoms with E-state index in [1.165, 1.54) is 0 Å². The molecular weight excluding hydrogens is 386 g/mol. The number of nitrogens with one attached hydrogen (secondary N) is 2. The fourth-order valence-corrected chi connectivity index (χ4v) is 3.96. The minimum atomic E-state index is -4.66. The summed E-state index contributed by atoms with van der Waals surface area (Å²) in [5.41, 5.74) is -1.10. The van der Waals surface area contributed by atoms with Gasteiger partial charge in [-0.25, -0.2) is 4.39 Å². The summed E-state index contributed by atoms with van der Waals surface area (Å²) in [5.74, 6) is -1.05. The Bertz CT molecular complexity index is 747. The predicted molar refractivity (Wildman–Crippen MR) is 99.0 cm³/mol. The Morgan fingerprint density at radius 1 is 1.17 bits per heavy atom. The number of carbonyl (C=O) groups is 1. The zero-order chi connectivity index (χ0) is 21.1. The molecule has 158 valence electrons. The minimum Gasteiger partial charge on any atom is -0.336 e. The van der Waals surface area contributed by atoms with Crippen LogP contribution in [0.2, 0.25) is 0 Å². The lowest BCUT2D eigenvalue weighted by atomic mass is 9.84. The molecule has 2 saturated carbocycles. The van der Waals surface area contributed by atoms with Gasteiger partial charge in [0.05, 0.1) is 12.1 Å². The largest absolute Gasteiger partial charge is 0.407 e. The molecule has 2 fully saturated rings. The van der Waals surface area contributed by atoms with E-state index in [0.29, 0.717) is 12.8 Å². The van der Waals surface area contributed by atoms with Gasteiger partial charge in [0.1, 0.15) is 17.4 Å². The summed E-state index contributed by atoms with van der Waals surface area (Å²) in [5, 5.41) is 14.3. The molecule has 0 unspecified atom stereocenters. The maximum Gasteiger partial charge on any atom is 0.407 e. The van der Waals surface area contributed by atoms with E-state index in [1.807, 2.05) is 6.07 Å². The molecule has 0 radical (unpaired) electrons. The van der Waals surface area contributed by atoms with Gasteiger partial charge in [-0.15, -0.1) is 0 Å². The van der Waals surface area contributed by atoms with Crippen LogP contribution in [0.15, 0.2) is 24.3 Å². The van der Waals surface area contributed by atoms with Crippen molar-refractivity contribution in [1.29, 1.82) is 5.26 Å². The van der Waals surface area contributed by atoms with Gasteiger partial charge in [-0.2, -0.15) is 18.4 Å². The van der Waals surface area contributed by atoms with Crippen molar-refractivity contribution in [3.8, 4) is 6.07 Å². The van der Waals surface area contributed by atoms with Crippen LogP contribution in [0.5, 0.6) is 0 Å². The number of amides is 1. The molecule has 1 aromatic carbocycles. The van der Waals surface area contributed by atoms with Crippen molar-refractivity contribution in [2.24, 2.45) is 5.92 Å². The Morgan fingerprint density at radius 3 is 2.31 bits per heavy atom. The molecular formula is C21H25F4N3O. The lowest BCUT2D eigenvalue weighted by molar-refractivity contribution is -0.161. The highest BCUT2D eigenvalue weighted by atomic mass is 19.4. The lowest BCUT2D eigenvalue weighted by Gasteiger charge is -2.31. The van der Waals surface area contributed by atoms with Crippen molar-refractivity contribution in [3.05, 3.63) is 35.6 Å². The van der Waals surface area contributed by atoms with Crippen LogP contribution in [0.25, 0.3) is 0 Å². The van der Waals surface area contributed by atoms with Crippen LogP contribution in [0, 0.1) is 23.1 Å². The average Bonchev–Trinajstić information content (AvgIpc) is 3.46. The first kappa shape index (κ1) is 21.6. The fourth-order valence-electron chi connectivity index (χ4n) is 3.96. The Hall–Kier alpha value is -2.14. The zero-order valence-corrected chi connectivity index (χ0v) is 16.1. The first-order valence-corrected chi connectivity index (χ1v) is 10.0. The molecule has 2 aliphatic rings. The fraction of sp³-hybridized carbons (Fsp3) is 0.619. The number of carbonyl (C=O) groups excluding carboxylic acids is 1. The molecule has 0 heterocycles. The predicted octanol–water partition coefficient (Wildman–Crippen LogP) is 4.53. The molecule has 0 bridgehead atoms. The van der Waals surface area contributed by atoms with E-state index in [4.69, 9.17) is 0 Å². The summed E-state index contributed by atoms with van der Waals surface area (Å²) in [6.45, 7) is 0. The maximum atomic E-state index is 13.8. The normalized spacial score (nSPS) is 21.1. The van der Waals surface area contributed by atoms with Gasteiger partial charge in [-0.05, 0) is 42.9 Å². The Kier molecular flexibility index (Phi) is 6.47. The van der Waals surface area contributed by atoms with Gasteiger partial charge in [0.2, 0.25) is 5.91 Å². The number of halogens is 4. The van der Waals surface area contributed by atoms with Gasteiger partial charge in [-0.1, -0.05) is 44.2 Å². The summed E-state index contributed by atoms with van der Waals surface area (Å²) in [6.07, 6.45) is 1.49. The van der Waals surface area contributed by atoms with E-state index < -0.39 is 35.5 Å². The number of hydrogen-bond acceptors (Lipinski definition) is 3. The molecule has 3 rings (SSSR count). The summed E-state index contributed by atoms with van der Waals surface area (Å²) in [7, 11) is 0. The number of nitriles is 1. The second-order valence-electron chi connectivity index (χ2n) is 8.17. The zero-order valence-electron chi connectivity index (χ0n) is 16.1. The van der Waals surface area contributed by atoms with E-state index >= 15 is 0 Å². The number of hydrogen-bond donors (Lipinski definition) is 2. The number of benzene rings is 1. The first-order valence-electron chi connectivity index (χ1n) is 10.0. The van der Waals surface area contributed by atoms with Crippen molar-refractivity contribution in [3.63, 3.8) is 0 Å². The van der Waals surface area contributed by atoms with Crippen LogP contribution in [-0.4, -0.2) is 23.7 Å². The van der Waals surface area contributed by atoms with E-state index in [2.05, 4.69) is 10.6 Å². The SMILES string of the molecule is N#CC1(NC(=O)[C@H](CC2CCCCC2)N[C@@H](c2ccc(F)cc2)C(F)(F)F)CC1. The van der Waals surface area contributed by atoms with Crippen LogP contribution in [0.4, 0.5) is 17.6 Å². The standard InChI is InChI=1S/C21H25F4N3O/c22-16-8-6-15(7-9-16)18(21(23,24)25)27-17(12-14-4-2-1-3-5-14)19(29)28-20(13-26)10-11-20/h6-9,14,17-18,27H,1-5,10-12H2,(H,28,29)/t17-,18-/m0/s1. The first-order chi connectivity index (χ1) is 13.7. The van der Waals surface area contributed by atoms with E-state index in [1.54, 1.807) is 0 Å². The smallest absolute Gasteiger partial charge is 0.336 e. The molecule has 0 spiro atoms. The Labute approximate surface area is 167 Å². The van der Waals surface area contributed by atoms with Crippen LogP contribution >= 0.6 is 0 Å². The highest BCUT2D eigenvalue weighted by Gasteiger charge is 2.47. The summed E-state index contributed by atoms with van der Waals surface area (Å²) in [6, 6.07) is 2.96. The van der Waals surface area contributed by atoms with Crippen LogP contribution in [-0.2, 0) is 4.79 Å². The highest BCUT2D eigenvalue weighted by molar-refractivity contribution is 5.83. The second kappa shape index (κ2) is 8.70. The third kappa shape index (κ3) is 5.69. The number of alkyl halides is 3. The highest BCUT2D eigenvalue weighted by Crippen LogP contribution is 2.37. The van der Waals surface area contributed by atoms with E-state index in [0.717, 1.165) is 56.4 Å². The quantitative estimate of drug-likeness (QED) is 0.648. The van der Waals surface area contributed by atoms with Crippen LogP contribution in [0.3, 0.4) is 0 Å². The molecule has 1 aromatic rings. The monoisotopic (exact) mass is 411 g/mol. The summed E-state index contributed by atoms with van der Waals surface area (Å²) < 4.78 is 54.5. The maximum absolute atomic E-state index is 13.8. The molecule has 2 N–H and O–H groups in total. The van der Waals surface area contributed by atoms with Crippen molar-refractivity contribution < 1.29 is 22.4 Å². The molecule has 0 aromatic heterocycles. The molecule has 2 aliphatic carbocycles. The number of nitrogens with zero attached hydrogens (tertiary/aromatic N) is 1. The van der Waals surface area contributed by atoms with Gasteiger partial charge in [0, 0.05) is 0 Å². The summed E-state index contributed by atoms with van der Waals surface area (Å²) >= 11 is 0. The van der Waals surface area contributed by atoms with Gasteiger partial charge < -0.3 is 5.32 Å². The molecule has 1 amide bonds. The third-order valence-corrected chi connectivity index (χ3v) is 5.84. The van der Waals surface area contributed by atoms with Crippen LogP contribution < -0.4 is 10.6 Å². The van der Waals surface area contributed by atoms with E-state index in [-0.39, 0.29) is 17.9 Å². The van der Waals surface area contributed by atoms with Crippen molar-refractivity contribution in [2.75, 3.05) is 0 Å². The molecule has 0 aliphatic heterocycles. The molecule has 0 saturated heterocycles. The van der Waals surface area contributed by atoms with Crippen molar-refractivity contribution in [2.45, 2.75) is 75.2 Å². The summed E-state index contributed by atoms with van der Waals surface area (Å²) in [4.78, 5) is 12.8. The third-order valence-electron chi connectivity index (χ3n) is 5.84. The number of rotatable bonds is 7. The topological polar surface area (TPSA) is 64.9 Å². The van der Waals surface area contributed by atoms with E-state index in [9.17, 15) is 27.6 Å². The Morgan fingerprint density at radius 2 is 1.79 bits per heavy atom. The second-order valence-corrected chi connectivity index (χ2v) is 8.17. The molecule has 2 atom stereocenters. The molecule has 8 heteroatoms. The Balaban J connectivity index is 1.81. The molecule has 4 nitrogen and oxygen atoms in total. The minimum absolute atomic E-state index is 0.151. The van der Waals surface area contributed by atoms with Gasteiger partial charge in [-0.3, -0.25) is 10.1 Å². The van der Waals surface area contributed by atoms with Gasteiger partial charge in [0.25, 0.3) is 0 Å².